The second-order valence-corrected chi connectivity index (χ2v) is 5.03. The normalized spacial score (nSPS) is 20.8. The van der Waals surface area contributed by atoms with Gasteiger partial charge in [-0.05, 0) is 36.9 Å². The average Bonchev–Trinajstić information content (AvgIpc) is 3.01. The molecule has 4 heteroatoms. The van der Waals surface area contributed by atoms with Crippen LogP contribution in [-0.2, 0) is 0 Å². The SMILES string of the molecule is Clc1cccc2c1N(C1CC1)CNS2. The largest absolute Gasteiger partial charge is 0.353 e. The highest BCUT2D eigenvalue weighted by Gasteiger charge is 2.33. The molecule has 1 aliphatic carbocycles. The summed E-state index contributed by atoms with van der Waals surface area (Å²) in [7, 11) is 0. The van der Waals surface area contributed by atoms with Crippen molar-refractivity contribution in [2.45, 2.75) is 23.8 Å². The van der Waals surface area contributed by atoms with Gasteiger partial charge in [-0.25, -0.2) is 4.72 Å². The van der Waals surface area contributed by atoms with Crippen LogP contribution in [-0.4, -0.2) is 12.7 Å². The van der Waals surface area contributed by atoms with Crippen molar-refractivity contribution < 1.29 is 0 Å². The van der Waals surface area contributed by atoms with Gasteiger partial charge in [-0.3, -0.25) is 0 Å². The van der Waals surface area contributed by atoms with E-state index in [0.29, 0.717) is 6.04 Å². The van der Waals surface area contributed by atoms with Gasteiger partial charge in [-0.15, -0.1) is 0 Å². The first-order valence-corrected chi connectivity index (χ1v) is 6.00. The molecular weight excluding hydrogens is 216 g/mol. The number of para-hydroxylation sites is 1. The van der Waals surface area contributed by atoms with Crippen molar-refractivity contribution in [2.24, 2.45) is 0 Å². The zero-order chi connectivity index (χ0) is 9.54. The quantitative estimate of drug-likeness (QED) is 0.742. The van der Waals surface area contributed by atoms with Crippen molar-refractivity contribution in [2.75, 3.05) is 11.6 Å². The lowest BCUT2D eigenvalue weighted by molar-refractivity contribution is 0.755. The standard InChI is InChI=1S/C10H11ClN2S/c11-8-2-1-3-9-10(8)13(6-12-14-9)7-4-5-7/h1-3,7,12H,4-6H2. The Balaban J connectivity index is 2.07. The molecule has 0 saturated heterocycles. The first-order valence-electron chi connectivity index (χ1n) is 4.81. The molecule has 0 bridgehead atoms. The average molecular weight is 227 g/mol. The van der Waals surface area contributed by atoms with Crippen molar-refractivity contribution in [3.63, 3.8) is 0 Å². The summed E-state index contributed by atoms with van der Waals surface area (Å²) in [6.07, 6.45) is 2.61. The summed E-state index contributed by atoms with van der Waals surface area (Å²) in [6, 6.07) is 6.81. The number of nitrogens with one attached hydrogen (secondary N) is 1. The molecule has 0 radical (unpaired) electrons. The molecule has 0 spiro atoms. The zero-order valence-electron chi connectivity index (χ0n) is 7.66. The molecule has 1 aromatic carbocycles. The van der Waals surface area contributed by atoms with Crippen molar-refractivity contribution in [3.8, 4) is 0 Å². The fourth-order valence-corrected chi connectivity index (χ4v) is 2.98. The molecule has 0 aromatic heterocycles. The van der Waals surface area contributed by atoms with E-state index in [9.17, 15) is 0 Å². The molecule has 14 heavy (non-hydrogen) atoms. The molecule has 3 rings (SSSR count). The maximum Gasteiger partial charge on any atom is 0.0781 e. The lowest BCUT2D eigenvalue weighted by Gasteiger charge is -2.31. The molecule has 1 N–H and O–H groups in total. The van der Waals surface area contributed by atoms with Crippen LogP contribution in [0.2, 0.25) is 5.02 Å². The monoisotopic (exact) mass is 226 g/mol. The predicted molar refractivity (Wildman–Crippen MR) is 60.8 cm³/mol. The van der Waals surface area contributed by atoms with Gasteiger partial charge in [0, 0.05) is 10.9 Å². The van der Waals surface area contributed by atoms with E-state index in [1.54, 1.807) is 11.9 Å². The molecule has 0 amide bonds. The van der Waals surface area contributed by atoms with Crippen molar-refractivity contribution in [1.29, 1.82) is 0 Å². The molecule has 74 valence electrons. The Labute approximate surface area is 92.8 Å². The van der Waals surface area contributed by atoms with Crippen LogP contribution in [0.3, 0.4) is 0 Å². The van der Waals surface area contributed by atoms with E-state index in [2.05, 4.69) is 15.7 Å². The smallest absolute Gasteiger partial charge is 0.0781 e. The van der Waals surface area contributed by atoms with Gasteiger partial charge in [0.2, 0.25) is 0 Å². The molecule has 0 atom stereocenters. The maximum absolute atomic E-state index is 6.23. The molecule has 2 nitrogen and oxygen atoms in total. The van der Waals surface area contributed by atoms with Crippen LogP contribution < -0.4 is 9.62 Å². The van der Waals surface area contributed by atoms with Gasteiger partial charge in [0.1, 0.15) is 0 Å². The van der Waals surface area contributed by atoms with E-state index < -0.39 is 0 Å². The third-order valence-electron chi connectivity index (χ3n) is 2.64. The minimum Gasteiger partial charge on any atom is -0.353 e. The number of fused-ring (bicyclic) bond motifs is 1. The molecule has 1 aliphatic heterocycles. The summed E-state index contributed by atoms with van der Waals surface area (Å²) >= 11 is 7.90. The van der Waals surface area contributed by atoms with Crippen LogP contribution in [0, 0.1) is 0 Å². The van der Waals surface area contributed by atoms with E-state index in [1.165, 1.54) is 23.4 Å². The van der Waals surface area contributed by atoms with Gasteiger partial charge in [0.05, 0.1) is 17.4 Å². The molecule has 1 aromatic rings. The molecule has 0 unspecified atom stereocenters. The van der Waals surface area contributed by atoms with Crippen LogP contribution >= 0.6 is 23.5 Å². The van der Waals surface area contributed by atoms with Gasteiger partial charge in [0.25, 0.3) is 0 Å². The third kappa shape index (κ3) is 1.40. The molecule has 1 fully saturated rings. The second kappa shape index (κ2) is 3.33. The third-order valence-corrected chi connectivity index (χ3v) is 3.77. The Bertz CT molecular complexity index is 365. The van der Waals surface area contributed by atoms with E-state index in [1.807, 2.05) is 12.1 Å². The lowest BCUT2D eigenvalue weighted by Crippen LogP contribution is -2.36. The van der Waals surface area contributed by atoms with Gasteiger partial charge in [-0.1, -0.05) is 17.7 Å². The molecule has 2 aliphatic rings. The van der Waals surface area contributed by atoms with E-state index in [0.717, 1.165) is 11.7 Å². The summed E-state index contributed by atoms with van der Waals surface area (Å²) in [5.74, 6) is 0. The van der Waals surface area contributed by atoms with Crippen LogP contribution in [0.15, 0.2) is 23.1 Å². The number of nitrogens with zero attached hydrogens (tertiary/aromatic N) is 1. The van der Waals surface area contributed by atoms with Gasteiger partial charge < -0.3 is 4.90 Å². The predicted octanol–water partition coefficient (Wildman–Crippen LogP) is 2.88. The summed E-state index contributed by atoms with van der Waals surface area (Å²) < 4.78 is 3.32. The first kappa shape index (κ1) is 8.89. The number of hydrogen-bond acceptors (Lipinski definition) is 3. The van der Waals surface area contributed by atoms with E-state index in [4.69, 9.17) is 11.6 Å². The number of anilines is 1. The van der Waals surface area contributed by atoms with Crippen LogP contribution in [0.5, 0.6) is 0 Å². The van der Waals surface area contributed by atoms with Crippen molar-refractivity contribution in [3.05, 3.63) is 23.2 Å². The fraction of sp³-hybridized carbons (Fsp3) is 0.400. The highest BCUT2D eigenvalue weighted by molar-refractivity contribution is 7.97. The second-order valence-electron chi connectivity index (χ2n) is 3.69. The number of rotatable bonds is 1. The van der Waals surface area contributed by atoms with Crippen molar-refractivity contribution in [1.82, 2.24) is 4.72 Å². The number of halogens is 1. The summed E-state index contributed by atoms with van der Waals surface area (Å²) in [5.41, 5.74) is 1.22. The van der Waals surface area contributed by atoms with E-state index in [-0.39, 0.29) is 0 Å². The topological polar surface area (TPSA) is 15.3 Å². The Morgan fingerprint density at radius 3 is 3.07 bits per heavy atom. The summed E-state index contributed by atoms with van der Waals surface area (Å²) in [6.45, 7) is 0.909. The highest BCUT2D eigenvalue weighted by atomic mass is 35.5. The van der Waals surface area contributed by atoms with Gasteiger partial charge in [0.15, 0.2) is 0 Å². The number of benzene rings is 1. The Kier molecular flexibility index (Phi) is 2.11. The van der Waals surface area contributed by atoms with Crippen LogP contribution in [0.25, 0.3) is 0 Å². The van der Waals surface area contributed by atoms with Crippen LogP contribution in [0.4, 0.5) is 5.69 Å². The van der Waals surface area contributed by atoms with Gasteiger partial charge >= 0.3 is 0 Å². The molecule has 1 saturated carbocycles. The summed E-state index contributed by atoms with van der Waals surface area (Å²) in [5, 5.41) is 0.878. The maximum atomic E-state index is 6.23. The molecular formula is C10H11ClN2S. The number of hydrogen-bond donors (Lipinski definition) is 1. The summed E-state index contributed by atoms with van der Waals surface area (Å²) in [4.78, 5) is 3.63. The van der Waals surface area contributed by atoms with Gasteiger partial charge in [-0.2, -0.15) is 0 Å². The van der Waals surface area contributed by atoms with Crippen molar-refractivity contribution >= 4 is 29.2 Å². The minimum atomic E-state index is 0.710. The Hall–Kier alpha value is -0.380. The zero-order valence-corrected chi connectivity index (χ0v) is 9.24. The first-order chi connectivity index (χ1) is 6.86. The van der Waals surface area contributed by atoms with E-state index >= 15 is 0 Å². The minimum absolute atomic E-state index is 0.710. The Morgan fingerprint density at radius 2 is 2.29 bits per heavy atom. The van der Waals surface area contributed by atoms with Crippen LogP contribution in [0.1, 0.15) is 12.8 Å². The highest BCUT2D eigenvalue weighted by Crippen LogP contribution is 2.42. The lowest BCUT2D eigenvalue weighted by atomic mass is 10.3. The molecule has 1 heterocycles. The Morgan fingerprint density at radius 1 is 1.43 bits per heavy atom. The fourth-order valence-electron chi connectivity index (χ4n) is 1.81.